The number of hydrogen-bond donors (Lipinski definition) is 1. The van der Waals surface area contributed by atoms with Gasteiger partial charge in [-0.2, -0.15) is 0 Å². The van der Waals surface area contributed by atoms with Crippen molar-refractivity contribution in [3.8, 4) is 5.75 Å². The fraction of sp³-hybridized carbons (Fsp3) is 0.222. The first-order valence-electron chi connectivity index (χ1n) is 8.37. The standard InChI is InChI=1S/C18H17N5O3S2/c1-10-8-13-15(28-10)20-17-22(21-18(27-3)23(17)16(13)25)9-14(24)19-11-4-6-12(26-2)7-5-11/h4-8H,9H2,1-3H3,(H,19,24). The highest BCUT2D eigenvalue weighted by atomic mass is 32.2. The van der Waals surface area contributed by atoms with E-state index in [1.807, 2.05) is 19.2 Å². The largest absolute Gasteiger partial charge is 0.497 e. The molecule has 0 unspecified atom stereocenters. The van der Waals surface area contributed by atoms with E-state index in [1.54, 1.807) is 31.4 Å². The Balaban J connectivity index is 1.69. The number of aromatic nitrogens is 4. The van der Waals surface area contributed by atoms with Crippen LogP contribution in [0.2, 0.25) is 0 Å². The van der Waals surface area contributed by atoms with E-state index >= 15 is 0 Å². The van der Waals surface area contributed by atoms with Gasteiger partial charge in [0, 0.05) is 10.6 Å². The summed E-state index contributed by atoms with van der Waals surface area (Å²) < 4.78 is 8.03. The Labute approximate surface area is 168 Å². The summed E-state index contributed by atoms with van der Waals surface area (Å²) in [7, 11) is 1.58. The maximum Gasteiger partial charge on any atom is 0.270 e. The average Bonchev–Trinajstić information content (AvgIpc) is 3.23. The number of thioether (sulfide) groups is 1. The molecule has 0 aliphatic rings. The van der Waals surface area contributed by atoms with E-state index in [0.717, 1.165) is 4.88 Å². The number of methoxy groups -OCH3 is 1. The lowest BCUT2D eigenvalue weighted by atomic mass is 10.3. The van der Waals surface area contributed by atoms with Gasteiger partial charge in [-0.15, -0.1) is 16.4 Å². The third-order valence-corrected chi connectivity index (χ3v) is 5.72. The average molecular weight is 416 g/mol. The maximum absolute atomic E-state index is 12.9. The smallest absolute Gasteiger partial charge is 0.270 e. The molecule has 0 saturated heterocycles. The lowest BCUT2D eigenvalue weighted by molar-refractivity contribution is -0.116. The second kappa shape index (κ2) is 7.28. The summed E-state index contributed by atoms with van der Waals surface area (Å²) in [5.41, 5.74) is 0.476. The van der Waals surface area contributed by atoms with Crippen LogP contribution in [0.25, 0.3) is 16.0 Å². The van der Waals surface area contributed by atoms with Crippen LogP contribution in [0.1, 0.15) is 4.88 Å². The Morgan fingerprint density at radius 1 is 1.32 bits per heavy atom. The first-order valence-corrected chi connectivity index (χ1v) is 10.4. The van der Waals surface area contributed by atoms with Crippen LogP contribution < -0.4 is 15.6 Å². The SMILES string of the molecule is COc1ccc(NC(=O)Cn2nc(SC)n3c(=O)c4cc(C)sc4nc23)cc1. The molecule has 3 heterocycles. The van der Waals surface area contributed by atoms with Gasteiger partial charge in [0.15, 0.2) is 5.16 Å². The van der Waals surface area contributed by atoms with Crippen molar-refractivity contribution in [2.45, 2.75) is 18.6 Å². The first-order chi connectivity index (χ1) is 13.5. The number of anilines is 1. The zero-order chi connectivity index (χ0) is 19.8. The minimum absolute atomic E-state index is 0.0571. The van der Waals surface area contributed by atoms with E-state index in [9.17, 15) is 9.59 Å². The van der Waals surface area contributed by atoms with Crippen LogP contribution >= 0.6 is 23.1 Å². The number of fused-ring (bicyclic) bond motifs is 2. The summed E-state index contributed by atoms with van der Waals surface area (Å²) in [6.07, 6.45) is 1.83. The van der Waals surface area contributed by atoms with Crippen molar-refractivity contribution in [1.29, 1.82) is 0 Å². The van der Waals surface area contributed by atoms with Crippen LogP contribution in [0.3, 0.4) is 0 Å². The predicted octanol–water partition coefficient (Wildman–Crippen LogP) is 2.78. The summed E-state index contributed by atoms with van der Waals surface area (Å²) in [6.45, 7) is 1.88. The molecular formula is C18H17N5O3S2. The van der Waals surface area contributed by atoms with Crippen molar-refractivity contribution >= 4 is 50.7 Å². The van der Waals surface area contributed by atoms with Gasteiger partial charge in [0.05, 0.1) is 12.5 Å². The third kappa shape index (κ3) is 3.25. The van der Waals surface area contributed by atoms with E-state index in [1.165, 1.54) is 32.2 Å². The number of ether oxygens (including phenoxy) is 1. The van der Waals surface area contributed by atoms with Crippen molar-refractivity contribution in [2.75, 3.05) is 18.7 Å². The molecule has 144 valence electrons. The highest BCUT2D eigenvalue weighted by Gasteiger charge is 2.18. The van der Waals surface area contributed by atoms with Crippen molar-refractivity contribution < 1.29 is 9.53 Å². The van der Waals surface area contributed by atoms with Gasteiger partial charge in [-0.1, -0.05) is 11.8 Å². The molecule has 1 N–H and O–H groups in total. The van der Waals surface area contributed by atoms with Crippen molar-refractivity contribution in [1.82, 2.24) is 19.2 Å². The molecule has 0 radical (unpaired) electrons. The van der Waals surface area contributed by atoms with Crippen LogP contribution in [0, 0.1) is 6.92 Å². The quantitative estimate of drug-likeness (QED) is 0.504. The zero-order valence-electron chi connectivity index (χ0n) is 15.4. The van der Waals surface area contributed by atoms with Crippen molar-refractivity contribution in [3.05, 3.63) is 45.6 Å². The summed E-state index contributed by atoms with van der Waals surface area (Å²) >= 11 is 2.78. The van der Waals surface area contributed by atoms with E-state index in [2.05, 4.69) is 15.4 Å². The lowest BCUT2D eigenvalue weighted by Crippen LogP contribution is -2.21. The van der Waals surface area contributed by atoms with Gasteiger partial charge in [-0.05, 0) is 43.5 Å². The number of nitrogens with one attached hydrogen (secondary N) is 1. The monoisotopic (exact) mass is 415 g/mol. The highest BCUT2D eigenvalue weighted by Crippen LogP contribution is 2.23. The molecule has 0 saturated carbocycles. The van der Waals surface area contributed by atoms with E-state index in [0.29, 0.717) is 32.6 Å². The van der Waals surface area contributed by atoms with E-state index < -0.39 is 0 Å². The number of nitrogens with zero attached hydrogens (tertiary/aromatic N) is 4. The second-order valence-electron chi connectivity index (χ2n) is 6.05. The van der Waals surface area contributed by atoms with Crippen LogP contribution in [-0.4, -0.2) is 38.4 Å². The Hall–Kier alpha value is -2.85. The Kier molecular flexibility index (Phi) is 4.82. The number of carbonyl (C=O) groups is 1. The van der Waals surface area contributed by atoms with Crippen LogP contribution in [0.5, 0.6) is 5.75 Å². The number of benzene rings is 1. The summed E-state index contributed by atoms with van der Waals surface area (Å²) in [4.78, 5) is 31.6. The number of thiophene rings is 1. The Morgan fingerprint density at radius 3 is 2.75 bits per heavy atom. The van der Waals surface area contributed by atoms with Gasteiger partial charge < -0.3 is 10.1 Å². The molecule has 4 rings (SSSR count). The van der Waals surface area contributed by atoms with Gasteiger partial charge in [0.25, 0.3) is 5.56 Å². The molecule has 28 heavy (non-hydrogen) atoms. The van der Waals surface area contributed by atoms with Gasteiger partial charge in [0.2, 0.25) is 11.7 Å². The fourth-order valence-electron chi connectivity index (χ4n) is 2.88. The molecular weight excluding hydrogens is 398 g/mol. The summed E-state index contributed by atoms with van der Waals surface area (Å²) in [5.74, 6) is 0.799. The highest BCUT2D eigenvalue weighted by molar-refractivity contribution is 7.98. The Bertz CT molecular complexity index is 1240. The molecule has 10 heteroatoms. The number of rotatable bonds is 5. The minimum Gasteiger partial charge on any atom is -0.497 e. The van der Waals surface area contributed by atoms with E-state index in [4.69, 9.17) is 4.74 Å². The molecule has 0 spiro atoms. The van der Waals surface area contributed by atoms with Gasteiger partial charge in [-0.3, -0.25) is 9.59 Å². The normalized spacial score (nSPS) is 11.2. The molecule has 0 bridgehead atoms. The third-order valence-electron chi connectivity index (χ3n) is 4.15. The predicted molar refractivity (Wildman–Crippen MR) is 111 cm³/mol. The molecule has 3 aromatic heterocycles. The lowest BCUT2D eigenvalue weighted by Gasteiger charge is -2.06. The molecule has 0 aliphatic heterocycles. The van der Waals surface area contributed by atoms with E-state index in [-0.39, 0.29) is 18.0 Å². The van der Waals surface area contributed by atoms with Crippen molar-refractivity contribution in [3.63, 3.8) is 0 Å². The fourth-order valence-corrected chi connectivity index (χ4v) is 4.27. The summed E-state index contributed by atoms with van der Waals surface area (Å²) in [6, 6.07) is 8.88. The van der Waals surface area contributed by atoms with Gasteiger partial charge in [0.1, 0.15) is 17.1 Å². The second-order valence-corrected chi connectivity index (χ2v) is 8.06. The number of carbonyl (C=O) groups excluding carboxylic acids is 1. The molecule has 8 nitrogen and oxygen atoms in total. The van der Waals surface area contributed by atoms with Crippen LogP contribution in [0.15, 0.2) is 40.3 Å². The van der Waals surface area contributed by atoms with Crippen LogP contribution in [0.4, 0.5) is 5.69 Å². The number of amides is 1. The summed E-state index contributed by atoms with van der Waals surface area (Å²) in [5, 5.41) is 8.28. The van der Waals surface area contributed by atoms with Gasteiger partial charge in [-0.25, -0.2) is 14.1 Å². The topological polar surface area (TPSA) is 90.5 Å². The molecule has 0 fully saturated rings. The molecule has 0 aliphatic carbocycles. The zero-order valence-corrected chi connectivity index (χ0v) is 17.1. The Morgan fingerprint density at radius 2 is 2.07 bits per heavy atom. The van der Waals surface area contributed by atoms with Gasteiger partial charge >= 0.3 is 0 Å². The number of aryl methyl sites for hydroxylation is 1. The first kappa shape index (κ1) is 18.5. The molecule has 0 atom stereocenters. The van der Waals surface area contributed by atoms with Crippen LogP contribution in [-0.2, 0) is 11.3 Å². The minimum atomic E-state index is -0.264. The maximum atomic E-state index is 12.9. The molecule has 1 amide bonds. The molecule has 1 aromatic carbocycles. The molecule has 4 aromatic rings. The van der Waals surface area contributed by atoms with Crippen molar-refractivity contribution in [2.24, 2.45) is 0 Å². The number of hydrogen-bond acceptors (Lipinski definition) is 7.